The highest BCUT2D eigenvalue weighted by Crippen LogP contribution is 2.10. The molecule has 0 atom stereocenters. The molecular formula is C13H16BrN3O2. The number of nitrogens with one attached hydrogen (secondary N) is 1. The lowest BCUT2D eigenvalue weighted by atomic mass is 10.2. The van der Waals surface area contributed by atoms with Crippen LogP contribution in [0.15, 0.2) is 28.7 Å². The highest BCUT2D eigenvalue weighted by atomic mass is 79.9. The summed E-state index contributed by atoms with van der Waals surface area (Å²) in [7, 11) is 0. The third kappa shape index (κ3) is 3.96. The molecule has 0 aromatic heterocycles. The van der Waals surface area contributed by atoms with Crippen molar-refractivity contribution in [3.05, 3.63) is 34.3 Å². The van der Waals surface area contributed by atoms with Gasteiger partial charge in [-0.3, -0.25) is 4.79 Å². The van der Waals surface area contributed by atoms with Gasteiger partial charge < -0.3 is 15.1 Å². The van der Waals surface area contributed by atoms with Gasteiger partial charge in [-0.1, -0.05) is 28.1 Å². The second kappa shape index (κ2) is 6.56. The number of hydrogen-bond donors (Lipinski definition) is 1. The minimum atomic E-state index is -0.0755. The molecule has 1 aromatic carbocycles. The van der Waals surface area contributed by atoms with Crippen LogP contribution in [0.2, 0.25) is 0 Å². The van der Waals surface area contributed by atoms with E-state index in [0.29, 0.717) is 32.7 Å². The van der Waals surface area contributed by atoms with Gasteiger partial charge in [-0.25, -0.2) is 4.79 Å². The largest absolute Gasteiger partial charge is 0.342 e. The number of hydrogen-bond acceptors (Lipinski definition) is 2. The van der Waals surface area contributed by atoms with E-state index < -0.39 is 0 Å². The molecule has 2 rings (SSSR count). The number of nitrogens with zero attached hydrogens (tertiary/aromatic N) is 2. The third-order valence-corrected chi connectivity index (χ3v) is 3.64. The molecule has 1 N–H and O–H groups in total. The van der Waals surface area contributed by atoms with E-state index in [1.54, 1.807) is 9.80 Å². The van der Waals surface area contributed by atoms with Crippen LogP contribution in [-0.2, 0) is 11.3 Å². The van der Waals surface area contributed by atoms with E-state index in [-0.39, 0.29) is 6.03 Å². The third-order valence-electron chi connectivity index (χ3n) is 3.11. The second-order valence-electron chi connectivity index (χ2n) is 4.41. The summed E-state index contributed by atoms with van der Waals surface area (Å²) >= 11 is 3.37. The number of urea groups is 1. The predicted octanol–water partition coefficient (Wildman–Crippen LogP) is 1.43. The monoisotopic (exact) mass is 325 g/mol. The molecule has 0 saturated carbocycles. The normalized spacial score (nSPS) is 15.2. The van der Waals surface area contributed by atoms with Crippen LogP contribution in [0.4, 0.5) is 4.79 Å². The van der Waals surface area contributed by atoms with Gasteiger partial charge in [0.2, 0.25) is 6.41 Å². The highest BCUT2D eigenvalue weighted by molar-refractivity contribution is 9.10. The summed E-state index contributed by atoms with van der Waals surface area (Å²) in [6.07, 6.45) is 0.830. The molecule has 5 nitrogen and oxygen atoms in total. The number of amides is 3. The van der Waals surface area contributed by atoms with E-state index in [1.807, 2.05) is 24.3 Å². The van der Waals surface area contributed by atoms with Gasteiger partial charge in [0.15, 0.2) is 0 Å². The molecule has 1 aromatic rings. The molecule has 1 fully saturated rings. The molecule has 1 saturated heterocycles. The summed E-state index contributed by atoms with van der Waals surface area (Å²) in [6.45, 7) is 2.90. The molecule has 1 aliphatic rings. The van der Waals surface area contributed by atoms with Gasteiger partial charge in [-0.05, 0) is 17.7 Å². The zero-order chi connectivity index (χ0) is 13.7. The molecular weight excluding hydrogens is 310 g/mol. The molecule has 0 unspecified atom stereocenters. The van der Waals surface area contributed by atoms with Crippen molar-refractivity contribution in [2.24, 2.45) is 0 Å². The van der Waals surface area contributed by atoms with E-state index in [0.717, 1.165) is 16.4 Å². The van der Waals surface area contributed by atoms with E-state index in [2.05, 4.69) is 21.2 Å². The van der Waals surface area contributed by atoms with Gasteiger partial charge in [-0.2, -0.15) is 0 Å². The fraction of sp³-hybridized carbons (Fsp3) is 0.385. The fourth-order valence-electron chi connectivity index (χ4n) is 1.92. The van der Waals surface area contributed by atoms with Gasteiger partial charge in [0, 0.05) is 37.2 Å². The first-order valence-corrected chi connectivity index (χ1v) is 6.95. The predicted molar refractivity (Wildman–Crippen MR) is 75.6 cm³/mol. The van der Waals surface area contributed by atoms with E-state index in [4.69, 9.17) is 0 Å². The average molecular weight is 326 g/mol. The zero-order valence-corrected chi connectivity index (χ0v) is 12.1. The maximum atomic E-state index is 11.9. The quantitative estimate of drug-likeness (QED) is 0.855. The number of piperazine rings is 1. The first-order valence-electron chi connectivity index (χ1n) is 6.15. The molecule has 102 valence electrons. The standard InChI is InChI=1S/C13H16BrN3O2/c14-12-3-1-11(2-4-12)9-15-13(19)17-7-5-16(10-18)6-8-17/h1-4,10H,5-9H2,(H,15,19). The Kier molecular flexibility index (Phi) is 4.79. The first-order chi connectivity index (χ1) is 9.19. The van der Waals surface area contributed by atoms with E-state index >= 15 is 0 Å². The van der Waals surface area contributed by atoms with Gasteiger partial charge in [0.05, 0.1) is 0 Å². The Balaban J connectivity index is 1.78. The van der Waals surface area contributed by atoms with Gasteiger partial charge in [0.25, 0.3) is 0 Å². The second-order valence-corrected chi connectivity index (χ2v) is 5.33. The van der Waals surface area contributed by atoms with Crippen LogP contribution in [0.5, 0.6) is 0 Å². The van der Waals surface area contributed by atoms with Crippen LogP contribution in [0.1, 0.15) is 5.56 Å². The molecule has 0 bridgehead atoms. The summed E-state index contributed by atoms with van der Waals surface area (Å²) < 4.78 is 1.02. The topological polar surface area (TPSA) is 52.7 Å². The van der Waals surface area contributed by atoms with Crippen LogP contribution in [-0.4, -0.2) is 48.4 Å². The maximum absolute atomic E-state index is 11.9. The van der Waals surface area contributed by atoms with Crippen LogP contribution < -0.4 is 5.32 Å². The van der Waals surface area contributed by atoms with Crippen molar-refractivity contribution in [3.63, 3.8) is 0 Å². The van der Waals surface area contributed by atoms with E-state index in [1.165, 1.54) is 0 Å². The first kappa shape index (κ1) is 13.9. The Morgan fingerprint density at radius 3 is 2.42 bits per heavy atom. The Morgan fingerprint density at radius 1 is 1.21 bits per heavy atom. The highest BCUT2D eigenvalue weighted by Gasteiger charge is 2.19. The average Bonchev–Trinajstić information content (AvgIpc) is 2.46. The van der Waals surface area contributed by atoms with Gasteiger partial charge >= 0.3 is 6.03 Å². The Hall–Kier alpha value is -1.56. The van der Waals surface area contributed by atoms with E-state index in [9.17, 15) is 9.59 Å². The molecule has 0 radical (unpaired) electrons. The number of rotatable bonds is 3. The van der Waals surface area contributed by atoms with Crippen molar-refractivity contribution in [2.75, 3.05) is 26.2 Å². The van der Waals surface area contributed by atoms with Crippen molar-refractivity contribution in [1.29, 1.82) is 0 Å². The summed E-state index contributed by atoms with van der Waals surface area (Å²) in [4.78, 5) is 25.9. The summed E-state index contributed by atoms with van der Waals surface area (Å²) in [5, 5.41) is 2.89. The van der Waals surface area contributed by atoms with Crippen molar-refractivity contribution in [1.82, 2.24) is 15.1 Å². The summed E-state index contributed by atoms with van der Waals surface area (Å²) in [6, 6.07) is 7.76. The molecule has 1 heterocycles. The van der Waals surface area contributed by atoms with Crippen molar-refractivity contribution in [2.45, 2.75) is 6.54 Å². The lowest BCUT2D eigenvalue weighted by Crippen LogP contribution is -2.51. The Morgan fingerprint density at radius 2 is 1.84 bits per heavy atom. The van der Waals surface area contributed by atoms with Crippen molar-refractivity contribution < 1.29 is 9.59 Å². The number of halogens is 1. The molecule has 0 spiro atoms. The van der Waals surface area contributed by atoms with Gasteiger partial charge in [0.1, 0.15) is 0 Å². The van der Waals surface area contributed by atoms with Crippen LogP contribution >= 0.6 is 15.9 Å². The van der Waals surface area contributed by atoms with Crippen LogP contribution in [0, 0.1) is 0 Å². The maximum Gasteiger partial charge on any atom is 0.317 e. The Labute approximate surface area is 120 Å². The Bertz CT molecular complexity index is 442. The van der Waals surface area contributed by atoms with Crippen molar-refractivity contribution in [3.8, 4) is 0 Å². The molecule has 0 aliphatic carbocycles. The summed E-state index contributed by atoms with van der Waals surface area (Å²) in [5.41, 5.74) is 1.06. The lowest BCUT2D eigenvalue weighted by Gasteiger charge is -2.32. The van der Waals surface area contributed by atoms with Crippen molar-refractivity contribution >= 4 is 28.4 Å². The molecule has 6 heteroatoms. The molecule has 19 heavy (non-hydrogen) atoms. The molecule has 3 amide bonds. The van der Waals surface area contributed by atoms with Crippen LogP contribution in [0.25, 0.3) is 0 Å². The zero-order valence-electron chi connectivity index (χ0n) is 10.5. The smallest absolute Gasteiger partial charge is 0.317 e. The molecule has 1 aliphatic heterocycles. The number of carbonyl (C=O) groups is 2. The fourth-order valence-corrected chi connectivity index (χ4v) is 2.19. The minimum absolute atomic E-state index is 0.0755. The van der Waals surface area contributed by atoms with Gasteiger partial charge in [-0.15, -0.1) is 0 Å². The number of carbonyl (C=O) groups excluding carboxylic acids is 2. The number of benzene rings is 1. The summed E-state index contributed by atoms with van der Waals surface area (Å²) in [5.74, 6) is 0. The van der Waals surface area contributed by atoms with Crippen LogP contribution in [0.3, 0.4) is 0 Å². The minimum Gasteiger partial charge on any atom is -0.342 e. The SMILES string of the molecule is O=CN1CCN(C(=O)NCc2ccc(Br)cc2)CC1. The lowest BCUT2D eigenvalue weighted by molar-refractivity contribution is -0.119.